The van der Waals surface area contributed by atoms with Gasteiger partial charge in [0, 0.05) is 24.4 Å². The maximum Gasteiger partial charge on any atom is 0.0948 e. The lowest BCUT2D eigenvalue weighted by atomic mass is 10.3. The van der Waals surface area contributed by atoms with E-state index in [0.717, 1.165) is 4.31 Å². The highest BCUT2D eigenvalue weighted by molar-refractivity contribution is 7.76. The second kappa shape index (κ2) is 2.93. The van der Waals surface area contributed by atoms with Gasteiger partial charge in [-0.05, 0) is 0 Å². The Morgan fingerprint density at radius 2 is 1.80 bits per heavy atom. The van der Waals surface area contributed by atoms with Crippen molar-refractivity contribution < 1.29 is 19.0 Å². The van der Waals surface area contributed by atoms with Gasteiger partial charge in [0.2, 0.25) is 0 Å². The molecule has 2 N–H and O–H groups in total. The molecule has 3 atom stereocenters. The molecule has 1 aliphatic heterocycles. The lowest BCUT2D eigenvalue weighted by Gasteiger charge is -2.16. The van der Waals surface area contributed by atoms with E-state index in [9.17, 15) is 8.76 Å². The minimum absolute atomic E-state index is 0.00270. The average molecular weight is 166 g/mol. The Labute approximate surface area is 60.7 Å². The van der Waals surface area contributed by atoms with Crippen molar-refractivity contribution in [3.63, 3.8) is 0 Å². The molecule has 0 radical (unpaired) electrons. The molecule has 0 aromatic carbocycles. The molecule has 0 amide bonds. The van der Waals surface area contributed by atoms with Crippen LogP contribution in [0.1, 0.15) is 0 Å². The van der Waals surface area contributed by atoms with Gasteiger partial charge in [-0.3, -0.25) is 4.21 Å². The minimum Gasteiger partial charge on any atom is -0.760 e. The van der Waals surface area contributed by atoms with Crippen LogP contribution in [-0.4, -0.2) is 48.6 Å². The summed E-state index contributed by atoms with van der Waals surface area (Å²) in [5, 5.41) is 17.7. The van der Waals surface area contributed by atoms with Gasteiger partial charge in [-0.15, -0.1) is 0 Å². The zero-order valence-electron chi connectivity index (χ0n) is 5.14. The van der Waals surface area contributed by atoms with Crippen LogP contribution in [0.4, 0.5) is 0 Å². The van der Waals surface area contributed by atoms with E-state index in [2.05, 4.69) is 0 Å². The zero-order chi connectivity index (χ0) is 7.72. The lowest BCUT2D eigenvalue weighted by Crippen LogP contribution is -2.23. The van der Waals surface area contributed by atoms with Crippen LogP contribution >= 0.6 is 0 Å². The highest BCUT2D eigenvalue weighted by Gasteiger charge is 2.29. The Morgan fingerprint density at radius 3 is 2.00 bits per heavy atom. The van der Waals surface area contributed by atoms with Gasteiger partial charge < -0.3 is 14.8 Å². The molecule has 1 saturated heterocycles. The van der Waals surface area contributed by atoms with E-state index >= 15 is 0 Å². The van der Waals surface area contributed by atoms with Crippen LogP contribution in [0.15, 0.2) is 0 Å². The second-order valence-electron chi connectivity index (χ2n) is 2.20. The molecule has 1 rings (SSSR count). The van der Waals surface area contributed by atoms with Crippen LogP contribution in [0, 0.1) is 0 Å². The smallest absolute Gasteiger partial charge is 0.0948 e. The van der Waals surface area contributed by atoms with Crippen LogP contribution in [0.5, 0.6) is 0 Å². The molecule has 0 bridgehead atoms. The predicted molar refractivity (Wildman–Crippen MR) is 32.5 cm³/mol. The number of hydrogen-bond donors (Lipinski definition) is 2. The first-order valence-corrected chi connectivity index (χ1v) is 3.85. The quantitative estimate of drug-likeness (QED) is 0.434. The van der Waals surface area contributed by atoms with Crippen LogP contribution in [0.2, 0.25) is 0 Å². The molecule has 3 unspecified atom stereocenters. The van der Waals surface area contributed by atoms with E-state index in [1.807, 2.05) is 0 Å². The van der Waals surface area contributed by atoms with Gasteiger partial charge in [-0.2, -0.15) is 0 Å². The summed E-state index contributed by atoms with van der Waals surface area (Å²) in [6.07, 6.45) is -1.87. The molecule has 1 fully saturated rings. The van der Waals surface area contributed by atoms with Crippen LogP contribution in [-0.2, 0) is 11.3 Å². The molecule has 6 heteroatoms. The number of hydrogen-bond acceptors (Lipinski definition) is 4. The van der Waals surface area contributed by atoms with E-state index in [-0.39, 0.29) is 13.1 Å². The average Bonchev–Trinajstić information content (AvgIpc) is 2.13. The molecule has 10 heavy (non-hydrogen) atoms. The van der Waals surface area contributed by atoms with E-state index in [1.165, 1.54) is 0 Å². The van der Waals surface area contributed by atoms with Gasteiger partial charge in [0.05, 0.1) is 12.2 Å². The molecule has 1 aliphatic rings. The molecule has 5 nitrogen and oxygen atoms in total. The summed E-state index contributed by atoms with van der Waals surface area (Å²) in [6.45, 7) is -0.00540. The van der Waals surface area contributed by atoms with Crippen molar-refractivity contribution in [2.75, 3.05) is 13.1 Å². The summed E-state index contributed by atoms with van der Waals surface area (Å²) in [4.78, 5) is 0. The summed E-state index contributed by atoms with van der Waals surface area (Å²) < 4.78 is 21.4. The summed E-state index contributed by atoms with van der Waals surface area (Å²) in [6, 6.07) is 0. The van der Waals surface area contributed by atoms with Crippen LogP contribution < -0.4 is 0 Å². The second-order valence-corrected chi connectivity index (χ2v) is 3.15. The van der Waals surface area contributed by atoms with Crippen molar-refractivity contribution >= 4 is 11.3 Å². The molecule has 0 spiro atoms. The van der Waals surface area contributed by atoms with Gasteiger partial charge in [-0.25, -0.2) is 4.31 Å². The molecular formula is C4H8NO4S-. The van der Waals surface area contributed by atoms with E-state index in [1.54, 1.807) is 0 Å². The van der Waals surface area contributed by atoms with Gasteiger partial charge >= 0.3 is 0 Å². The number of rotatable bonds is 1. The fraction of sp³-hybridized carbons (Fsp3) is 1.00. The highest BCUT2D eigenvalue weighted by atomic mass is 32.2. The number of aliphatic hydroxyl groups is 2. The maximum absolute atomic E-state index is 10.2. The Balaban J connectivity index is 2.49. The molecule has 0 aromatic rings. The van der Waals surface area contributed by atoms with Gasteiger partial charge in [0.15, 0.2) is 0 Å². The Bertz CT molecular complexity index is 142. The topological polar surface area (TPSA) is 83.8 Å². The molecule has 0 saturated carbocycles. The first kappa shape index (κ1) is 8.09. The van der Waals surface area contributed by atoms with E-state index in [0.29, 0.717) is 0 Å². The largest absolute Gasteiger partial charge is 0.760 e. The molecule has 60 valence electrons. The molecule has 0 aromatic heterocycles. The monoisotopic (exact) mass is 166 g/mol. The van der Waals surface area contributed by atoms with Crippen molar-refractivity contribution in [3.05, 3.63) is 0 Å². The summed E-state index contributed by atoms with van der Waals surface area (Å²) in [5.41, 5.74) is 0. The van der Waals surface area contributed by atoms with Crippen molar-refractivity contribution in [2.45, 2.75) is 12.2 Å². The van der Waals surface area contributed by atoms with Gasteiger partial charge in [-0.1, -0.05) is 0 Å². The molecule has 1 heterocycles. The van der Waals surface area contributed by atoms with Crippen LogP contribution in [0.25, 0.3) is 0 Å². The maximum atomic E-state index is 10.2. The van der Waals surface area contributed by atoms with Crippen molar-refractivity contribution in [2.24, 2.45) is 0 Å². The normalized spacial score (nSPS) is 38.3. The SMILES string of the molecule is O=S([O-])N1CC(O)C(O)C1. The number of β-amino-alcohol motifs (C(OH)–C–C–N with tert-alkyl or cyclic N) is 2. The lowest BCUT2D eigenvalue weighted by molar-refractivity contribution is 0.0572. The van der Waals surface area contributed by atoms with Crippen molar-refractivity contribution in [1.82, 2.24) is 4.31 Å². The molecule has 0 aliphatic carbocycles. The first-order chi connectivity index (χ1) is 4.61. The first-order valence-electron chi connectivity index (χ1n) is 2.81. The summed E-state index contributed by atoms with van der Waals surface area (Å²) in [5.74, 6) is 0. The summed E-state index contributed by atoms with van der Waals surface area (Å²) >= 11 is -2.32. The zero-order valence-corrected chi connectivity index (χ0v) is 5.95. The van der Waals surface area contributed by atoms with Crippen molar-refractivity contribution in [3.8, 4) is 0 Å². The minimum atomic E-state index is -2.32. The van der Waals surface area contributed by atoms with Crippen LogP contribution in [0.3, 0.4) is 0 Å². The standard InChI is InChI=1S/C4H9NO4S/c6-3-1-5(10(8)9)2-4(3)7/h3-4,6-7H,1-2H2,(H,8,9)/p-1. The molecular weight excluding hydrogens is 158 g/mol. The third-order valence-electron chi connectivity index (χ3n) is 1.44. The predicted octanol–water partition coefficient (Wildman–Crippen LogP) is -2.18. The summed E-state index contributed by atoms with van der Waals surface area (Å²) in [7, 11) is 0. The highest BCUT2D eigenvalue weighted by Crippen LogP contribution is 2.10. The van der Waals surface area contributed by atoms with E-state index in [4.69, 9.17) is 10.2 Å². The van der Waals surface area contributed by atoms with Gasteiger partial charge in [0.25, 0.3) is 0 Å². The third-order valence-corrected chi connectivity index (χ3v) is 2.16. The number of nitrogens with zero attached hydrogens (tertiary/aromatic N) is 1. The Hall–Kier alpha value is -0.0100. The van der Waals surface area contributed by atoms with E-state index < -0.39 is 23.5 Å². The fourth-order valence-corrected chi connectivity index (χ4v) is 1.41. The van der Waals surface area contributed by atoms with Gasteiger partial charge in [0.1, 0.15) is 0 Å². The Morgan fingerprint density at radius 1 is 1.40 bits per heavy atom. The third kappa shape index (κ3) is 1.53. The number of aliphatic hydroxyl groups excluding tert-OH is 2. The Kier molecular flexibility index (Phi) is 2.37. The van der Waals surface area contributed by atoms with Crippen molar-refractivity contribution in [1.29, 1.82) is 0 Å². The fourth-order valence-electron chi connectivity index (χ4n) is 0.857.